The minimum atomic E-state index is -0.929. The smallest absolute Gasteiger partial charge is 0.320 e. The molecule has 0 radical (unpaired) electrons. The maximum Gasteiger partial charge on any atom is 0.320 e. The van der Waals surface area contributed by atoms with Crippen molar-refractivity contribution in [2.24, 2.45) is 5.73 Å². The molecule has 0 bridgehead atoms. The summed E-state index contributed by atoms with van der Waals surface area (Å²) in [6, 6.07) is 7.43. The molecule has 0 amide bonds. The monoisotopic (exact) mass is 207 g/mol. The van der Waals surface area contributed by atoms with Gasteiger partial charge >= 0.3 is 5.97 Å². The molecule has 0 fully saturated rings. The van der Waals surface area contributed by atoms with E-state index in [9.17, 15) is 4.79 Å². The van der Waals surface area contributed by atoms with Gasteiger partial charge < -0.3 is 10.8 Å². The van der Waals surface area contributed by atoms with Crippen LogP contribution < -0.4 is 5.73 Å². The van der Waals surface area contributed by atoms with E-state index in [1.165, 1.54) is 5.56 Å². The normalized spacial score (nSPS) is 12.4. The van der Waals surface area contributed by atoms with E-state index >= 15 is 0 Å². The molecule has 1 unspecified atom stereocenters. The molecule has 3 heteroatoms. The molecular formula is C12H17NO2. The molecule has 0 aliphatic rings. The highest BCUT2D eigenvalue weighted by atomic mass is 16.4. The molecule has 3 N–H and O–H groups in total. The molecule has 0 aliphatic carbocycles. The van der Waals surface area contributed by atoms with Crippen LogP contribution in [0.1, 0.15) is 24.5 Å². The van der Waals surface area contributed by atoms with E-state index in [1.807, 2.05) is 12.1 Å². The average molecular weight is 207 g/mol. The third kappa shape index (κ3) is 3.72. The number of hydrogen-bond donors (Lipinski definition) is 2. The van der Waals surface area contributed by atoms with Crippen LogP contribution in [0.2, 0.25) is 0 Å². The van der Waals surface area contributed by atoms with Crippen LogP contribution in [0.3, 0.4) is 0 Å². The zero-order valence-corrected chi connectivity index (χ0v) is 8.94. The second-order valence-electron chi connectivity index (χ2n) is 3.66. The lowest BCUT2D eigenvalue weighted by atomic mass is 10.0. The number of rotatable bonds is 5. The van der Waals surface area contributed by atoms with Gasteiger partial charge in [0.05, 0.1) is 0 Å². The summed E-state index contributed by atoms with van der Waals surface area (Å²) in [6.45, 7) is 2.10. The summed E-state index contributed by atoms with van der Waals surface area (Å²) in [5.41, 5.74) is 7.87. The molecule has 0 aliphatic heterocycles. The first-order chi connectivity index (χ1) is 7.13. The lowest BCUT2D eigenvalue weighted by Gasteiger charge is -2.07. The molecule has 0 saturated heterocycles. The van der Waals surface area contributed by atoms with Crippen molar-refractivity contribution >= 4 is 5.97 Å². The number of carbonyl (C=O) groups is 1. The quantitative estimate of drug-likeness (QED) is 0.770. The first-order valence-electron chi connectivity index (χ1n) is 5.19. The maximum absolute atomic E-state index is 10.5. The molecule has 0 spiro atoms. The van der Waals surface area contributed by atoms with Gasteiger partial charge in [-0.3, -0.25) is 4.79 Å². The SMILES string of the molecule is CCc1cccc(CCC(N)C(=O)O)c1. The van der Waals surface area contributed by atoms with Crippen LogP contribution in [0, 0.1) is 0 Å². The largest absolute Gasteiger partial charge is 0.480 e. The van der Waals surface area contributed by atoms with Crippen molar-refractivity contribution in [1.82, 2.24) is 0 Å². The van der Waals surface area contributed by atoms with E-state index in [0.29, 0.717) is 6.42 Å². The van der Waals surface area contributed by atoms with E-state index in [0.717, 1.165) is 18.4 Å². The van der Waals surface area contributed by atoms with Gasteiger partial charge in [0.2, 0.25) is 0 Å². The molecular weight excluding hydrogens is 190 g/mol. The van der Waals surface area contributed by atoms with Crippen LogP contribution >= 0.6 is 0 Å². The van der Waals surface area contributed by atoms with E-state index in [-0.39, 0.29) is 0 Å². The number of carboxylic acid groups (broad SMARTS) is 1. The van der Waals surface area contributed by atoms with Gasteiger partial charge in [-0.25, -0.2) is 0 Å². The van der Waals surface area contributed by atoms with Crippen LogP contribution in [-0.2, 0) is 17.6 Å². The summed E-state index contributed by atoms with van der Waals surface area (Å²) in [4.78, 5) is 10.5. The third-order valence-corrected chi connectivity index (χ3v) is 2.46. The molecule has 1 aromatic carbocycles. The molecule has 0 aromatic heterocycles. The second-order valence-corrected chi connectivity index (χ2v) is 3.66. The standard InChI is InChI=1S/C12H17NO2/c1-2-9-4-3-5-10(8-9)6-7-11(13)12(14)15/h3-5,8,11H,2,6-7,13H2,1H3,(H,14,15). The third-order valence-electron chi connectivity index (χ3n) is 2.46. The maximum atomic E-state index is 10.5. The van der Waals surface area contributed by atoms with Crippen molar-refractivity contribution in [2.45, 2.75) is 32.2 Å². The molecule has 0 saturated carbocycles. The lowest BCUT2D eigenvalue weighted by Crippen LogP contribution is -2.30. The van der Waals surface area contributed by atoms with Gasteiger partial charge in [0, 0.05) is 0 Å². The van der Waals surface area contributed by atoms with E-state index in [4.69, 9.17) is 10.8 Å². The molecule has 1 rings (SSSR count). The Balaban J connectivity index is 2.53. The molecule has 82 valence electrons. The van der Waals surface area contributed by atoms with E-state index in [2.05, 4.69) is 19.1 Å². The van der Waals surface area contributed by atoms with Crippen molar-refractivity contribution in [3.8, 4) is 0 Å². The molecule has 3 nitrogen and oxygen atoms in total. The summed E-state index contributed by atoms with van der Waals surface area (Å²) in [7, 11) is 0. The molecule has 15 heavy (non-hydrogen) atoms. The predicted molar refractivity (Wildman–Crippen MR) is 59.8 cm³/mol. The predicted octanol–water partition coefficient (Wildman–Crippen LogP) is 1.59. The first-order valence-corrected chi connectivity index (χ1v) is 5.19. The van der Waals surface area contributed by atoms with Gasteiger partial charge in [-0.2, -0.15) is 0 Å². The minimum Gasteiger partial charge on any atom is -0.480 e. The van der Waals surface area contributed by atoms with Crippen molar-refractivity contribution in [1.29, 1.82) is 0 Å². The topological polar surface area (TPSA) is 63.3 Å². The summed E-state index contributed by atoms with van der Waals surface area (Å²) >= 11 is 0. The van der Waals surface area contributed by atoms with Crippen LogP contribution in [0.5, 0.6) is 0 Å². The Morgan fingerprint density at radius 1 is 1.47 bits per heavy atom. The number of benzene rings is 1. The highest BCUT2D eigenvalue weighted by Gasteiger charge is 2.10. The van der Waals surface area contributed by atoms with Crippen LogP contribution in [0.25, 0.3) is 0 Å². The van der Waals surface area contributed by atoms with Gasteiger partial charge in [-0.15, -0.1) is 0 Å². The molecule has 1 aromatic rings. The van der Waals surface area contributed by atoms with Gasteiger partial charge in [0.15, 0.2) is 0 Å². The number of aliphatic carboxylic acids is 1. The first kappa shape index (κ1) is 11.7. The van der Waals surface area contributed by atoms with Crippen molar-refractivity contribution in [3.63, 3.8) is 0 Å². The number of aryl methyl sites for hydroxylation is 2. The Morgan fingerprint density at radius 3 is 2.73 bits per heavy atom. The number of nitrogens with two attached hydrogens (primary N) is 1. The van der Waals surface area contributed by atoms with Crippen LogP contribution in [-0.4, -0.2) is 17.1 Å². The van der Waals surface area contributed by atoms with Gasteiger partial charge in [-0.05, 0) is 30.4 Å². The minimum absolute atomic E-state index is 0.489. The number of hydrogen-bond acceptors (Lipinski definition) is 2. The molecule has 0 heterocycles. The molecule has 1 atom stereocenters. The van der Waals surface area contributed by atoms with Gasteiger partial charge in [0.25, 0.3) is 0 Å². The second kappa shape index (κ2) is 5.51. The van der Waals surface area contributed by atoms with Gasteiger partial charge in [0.1, 0.15) is 6.04 Å². The fourth-order valence-corrected chi connectivity index (χ4v) is 1.45. The highest BCUT2D eigenvalue weighted by Crippen LogP contribution is 2.09. The summed E-state index contributed by atoms with van der Waals surface area (Å²) in [5, 5.41) is 8.64. The van der Waals surface area contributed by atoms with Crippen molar-refractivity contribution < 1.29 is 9.90 Å². The van der Waals surface area contributed by atoms with E-state index < -0.39 is 12.0 Å². The fourth-order valence-electron chi connectivity index (χ4n) is 1.45. The summed E-state index contributed by atoms with van der Waals surface area (Å²) < 4.78 is 0. The fraction of sp³-hybridized carbons (Fsp3) is 0.417. The Hall–Kier alpha value is -1.35. The lowest BCUT2D eigenvalue weighted by molar-refractivity contribution is -0.138. The Bertz CT molecular complexity index is 336. The zero-order chi connectivity index (χ0) is 11.3. The van der Waals surface area contributed by atoms with E-state index in [1.54, 1.807) is 0 Å². The highest BCUT2D eigenvalue weighted by molar-refractivity contribution is 5.73. The van der Waals surface area contributed by atoms with Crippen molar-refractivity contribution in [3.05, 3.63) is 35.4 Å². The Morgan fingerprint density at radius 2 is 2.13 bits per heavy atom. The zero-order valence-electron chi connectivity index (χ0n) is 8.94. The van der Waals surface area contributed by atoms with Gasteiger partial charge in [-0.1, -0.05) is 31.2 Å². The van der Waals surface area contributed by atoms with Crippen LogP contribution in [0.15, 0.2) is 24.3 Å². The summed E-state index contributed by atoms with van der Waals surface area (Å²) in [6.07, 6.45) is 2.21. The average Bonchev–Trinajstić information content (AvgIpc) is 2.26. The Labute approximate surface area is 89.9 Å². The number of carboxylic acids is 1. The van der Waals surface area contributed by atoms with Crippen LogP contribution in [0.4, 0.5) is 0 Å². The van der Waals surface area contributed by atoms with Crippen molar-refractivity contribution in [2.75, 3.05) is 0 Å². The summed E-state index contributed by atoms with van der Waals surface area (Å²) in [5.74, 6) is -0.929. The Kier molecular flexibility index (Phi) is 4.31.